The van der Waals surface area contributed by atoms with Gasteiger partial charge in [-0.25, -0.2) is 9.48 Å². The molecule has 1 fully saturated rings. The minimum atomic E-state index is -0.125. The summed E-state index contributed by atoms with van der Waals surface area (Å²) in [5, 5.41) is 16.7. The Bertz CT molecular complexity index is 1060. The molecule has 3 aromatic rings. The highest BCUT2D eigenvalue weighted by molar-refractivity contribution is 6.31. The van der Waals surface area contributed by atoms with Gasteiger partial charge in [0.25, 0.3) is 0 Å². The lowest BCUT2D eigenvalue weighted by molar-refractivity contribution is 0.208. The van der Waals surface area contributed by atoms with Gasteiger partial charge in [-0.05, 0) is 56.7 Å². The van der Waals surface area contributed by atoms with E-state index in [4.69, 9.17) is 11.6 Å². The van der Waals surface area contributed by atoms with Gasteiger partial charge in [-0.3, -0.25) is 0 Å². The summed E-state index contributed by atoms with van der Waals surface area (Å²) in [6.07, 6.45) is 0. The maximum absolute atomic E-state index is 12.6. The van der Waals surface area contributed by atoms with E-state index in [1.54, 1.807) is 15.6 Å². The predicted molar refractivity (Wildman–Crippen MR) is 118 cm³/mol. The van der Waals surface area contributed by atoms with Crippen LogP contribution in [0.1, 0.15) is 17.0 Å². The Kier molecular flexibility index (Phi) is 5.59. The quantitative estimate of drug-likeness (QED) is 0.693. The maximum atomic E-state index is 12.6. The van der Waals surface area contributed by atoms with Crippen LogP contribution in [-0.4, -0.2) is 57.1 Å². The number of aryl methyl sites for hydroxylation is 3. The van der Waals surface area contributed by atoms with Gasteiger partial charge < -0.3 is 15.1 Å². The Morgan fingerprint density at radius 3 is 2.27 bits per heavy atom. The number of nitrogens with one attached hydrogen (secondary N) is 1. The lowest BCUT2D eigenvalue weighted by Crippen LogP contribution is -2.50. The summed E-state index contributed by atoms with van der Waals surface area (Å²) in [5.74, 6) is 1.49. The summed E-state index contributed by atoms with van der Waals surface area (Å²) in [4.78, 5) is 16.5. The fraction of sp³-hybridized carbons (Fsp3) is 0.333. The van der Waals surface area contributed by atoms with E-state index in [1.165, 1.54) is 0 Å². The van der Waals surface area contributed by atoms with Crippen LogP contribution in [-0.2, 0) is 0 Å². The number of piperazine rings is 1. The zero-order chi connectivity index (χ0) is 21.3. The molecular formula is C21H24ClN7O. The second-order valence-corrected chi connectivity index (χ2v) is 7.86. The van der Waals surface area contributed by atoms with E-state index in [1.807, 2.05) is 51.1 Å². The molecule has 1 aliphatic rings. The first-order valence-electron chi connectivity index (χ1n) is 9.85. The maximum Gasteiger partial charge on any atom is 0.321 e. The SMILES string of the molecule is Cc1cc(C)n(-c2ccc(N3CCN(C(=O)Nc4ccc(C)c(Cl)c4)CC3)nn2)n1. The molecule has 2 amide bonds. The molecule has 30 heavy (non-hydrogen) atoms. The Hall–Kier alpha value is -3.13. The van der Waals surface area contributed by atoms with Gasteiger partial charge in [0.05, 0.1) is 5.69 Å². The van der Waals surface area contributed by atoms with Crippen LogP contribution >= 0.6 is 11.6 Å². The van der Waals surface area contributed by atoms with Crippen LogP contribution < -0.4 is 10.2 Å². The predicted octanol–water partition coefficient (Wildman–Crippen LogP) is 3.60. The van der Waals surface area contributed by atoms with Crippen LogP contribution in [0.25, 0.3) is 5.82 Å². The fourth-order valence-corrected chi connectivity index (χ4v) is 3.65. The Morgan fingerprint density at radius 1 is 0.967 bits per heavy atom. The molecule has 0 atom stereocenters. The number of carbonyl (C=O) groups excluding carboxylic acids is 1. The van der Waals surface area contributed by atoms with Crippen molar-refractivity contribution in [2.45, 2.75) is 20.8 Å². The third-order valence-corrected chi connectivity index (χ3v) is 5.58. The number of aromatic nitrogens is 4. The summed E-state index contributed by atoms with van der Waals surface area (Å²) in [5.41, 5.74) is 3.64. The second-order valence-electron chi connectivity index (χ2n) is 7.46. The van der Waals surface area contributed by atoms with Crippen molar-refractivity contribution in [3.63, 3.8) is 0 Å². The number of rotatable bonds is 3. The standard InChI is InChI=1S/C21H24ClN7O/c1-14-4-5-17(13-18(14)22)23-21(30)28-10-8-27(9-11-28)19-6-7-20(25-24-19)29-16(3)12-15(2)26-29/h4-7,12-13H,8-11H2,1-3H3,(H,23,30). The summed E-state index contributed by atoms with van der Waals surface area (Å²) >= 11 is 6.14. The van der Waals surface area contributed by atoms with Gasteiger partial charge in [0.1, 0.15) is 0 Å². The van der Waals surface area contributed by atoms with Gasteiger partial charge in [0.15, 0.2) is 11.6 Å². The first-order chi connectivity index (χ1) is 14.4. The molecule has 1 saturated heterocycles. The molecule has 0 bridgehead atoms. The molecule has 1 aliphatic heterocycles. The molecule has 3 heterocycles. The lowest BCUT2D eigenvalue weighted by atomic mass is 10.2. The molecule has 9 heteroatoms. The van der Waals surface area contributed by atoms with E-state index in [2.05, 4.69) is 25.5 Å². The van der Waals surface area contributed by atoms with E-state index >= 15 is 0 Å². The number of nitrogens with zero attached hydrogens (tertiary/aromatic N) is 6. The highest BCUT2D eigenvalue weighted by Gasteiger charge is 2.22. The Balaban J connectivity index is 1.35. The topological polar surface area (TPSA) is 79.2 Å². The van der Waals surface area contributed by atoms with Crippen molar-refractivity contribution in [2.24, 2.45) is 0 Å². The molecule has 0 saturated carbocycles. The van der Waals surface area contributed by atoms with Crippen molar-refractivity contribution in [3.05, 3.63) is 58.4 Å². The first-order valence-corrected chi connectivity index (χ1v) is 10.2. The molecule has 0 unspecified atom stereocenters. The molecule has 1 N–H and O–H groups in total. The number of amides is 2. The van der Waals surface area contributed by atoms with E-state index in [9.17, 15) is 4.79 Å². The largest absolute Gasteiger partial charge is 0.352 e. The van der Waals surface area contributed by atoms with Crippen LogP contribution in [0.4, 0.5) is 16.3 Å². The summed E-state index contributed by atoms with van der Waals surface area (Å²) in [7, 11) is 0. The second kappa shape index (κ2) is 8.31. The zero-order valence-corrected chi connectivity index (χ0v) is 18.0. The van der Waals surface area contributed by atoms with Crippen LogP contribution in [0, 0.1) is 20.8 Å². The van der Waals surface area contributed by atoms with Crippen molar-refractivity contribution < 1.29 is 4.79 Å². The molecular weight excluding hydrogens is 402 g/mol. The van der Waals surface area contributed by atoms with Gasteiger partial charge in [0, 0.05) is 42.6 Å². The molecule has 156 valence electrons. The van der Waals surface area contributed by atoms with Crippen molar-refractivity contribution in [1.29, 1.82) is 0 Å². The van der Waals surface area contributed by atoms with E-state index in [-0.39, 0.29) is 6.03 Å². The average Bonchev–Trinajstić information content (AvgIpc) is 3.09. The van der Waals surface area contributed by atoms with Crippen molar-refractivity contribution >= 4 is 29.1 Å². The number of carbonyl (C=O) groups is 1. The lowest BCUT2D eigenvalue weighted by Gasteiger charge is -2.35. The van der Waals surface area contributed by atoms with Gasteiger partial charge in [0.2, 0.25) is 0 Å². The Labute approximate surface area is 180 Å². The van der Waals surface area contributed by atoms with Gasteiger partial charge in [-0.2, -0.15) is 5.10 Å². The molecule has 0 aliphatic carbocycles. The molecule has 2 aromatic heterocycles. The normalized spacial score (nSPS) is 14.1. The third-order valence-electron chi connectivity index (χ3n) is 5.18. The smallest absolute Gasteiger partial charge is 0.321 e. The van der Waals surface area contributed by atoms with Crippen LogP contribution in [0.2, 0.25) is 5.02 Å². The molecule has 0 radical (unpaired) electrons. The van der Waals surface area contributed by atoms with Crippen LogP contribution in [0.3, 0.4) is 0 Å². The Morgan fingerprint density at radius 2 is 1.67 bits per heavy atom. The number of benzene rings is 1. The molecule has 8 nitrogen and oxygen atoms in total. The molecule has 1 aromatic carbocycles. The monoisotopic (exact) mass is 425 g/mol. The third kappa shape index (κ3) is 4.23. The summed E-state index contributed by atoms with van der Waals surface area (Å²) in [6, 6.07) is 11.3. The highest BCUT2D eigenvalue weighted by atomic mass is 35.5. The minimum absolute atomic E-state index is 0.125. The van der Waals surface area contributed by atoms with E-state index in [0.717, 1.165) is 22.8 Å². The highest BCUT2D eigenvalue weighted by Crippen LogP contribution is 2.21. The van der Waals surface area contributed by atoms with E-state index < -0.39 is 0 Å². The first kappa shape index (κ1) is 20.2. The number of hydrogen-bond acceptors (Lipinski definition) is 5. The fourth-order valence-electron chi connectivity index (χ4n) is 3.47. The number of anilines is 2. The zero-order valence-electron chi connectivity index (χ0n) is 17.3. The van der Waals surface area contributed by atoms with Gasteiger partial charge >= 0.3 is 6.03 Å². The molecule has 0 spiro atoms. The van der Waals surface area contributed by atoms with Crippen molar-refractivity contribution in [3.8, 4) is 5.82 Å². The van der Waals surface area contributed by atoms with E-state index in [0.29, 0.717) is 42.7 Å². The average molecular weight is 426 g/mol. The van der Waals surface area contributed by atoms with Crippen molar-refractivity contribution in [2.75, 3.05) is 36.4 Å². The molecule has 4 rings (SSSR count). The number of halogens is 1. The summed E-state index contributed by atoms with van der Waals surface area (Å²) in [6.45, 7) is 8.46. The summed E-state index contributed by atoms with van der Waals surface area (Å²) < 4.78 is 1.78. The van der Waals surface area contributed by atoms with Crippen LogP contribution in [0.15, 0.2) is 36.4 Å². The van der Waals surface area contributed by atoms with Gasteiger partial charge in [-0.1, -0.05) is 17.7 Å². The van der Waals surface area contributed by atoms with Crippen LogP contribution in [0.5, 0.6) is 0 Å². The minimum Gasteiger partial charge on any atom is -0.352 e. The number of urea groups is 1. The van der Waals surface area contributed by atoms with Crippen molar-refractivity contribution in [1.82, 2.24) is 24.9 Å². The number of hydrogen-bond donors (Lipinski definition) is 1. The van der Waals surface area contributed by atoms with Gasteiger partial charge in [-0.15, -0.1) is 10.2 Å².